The van der Waals surface area contributed by atoms with Crippen molar-refractivity contribution in [3.63, 3.8) is 0 Å². The number of rotatable bonds is 5. The van der Waals surface area contributed by atoms with Crippen molar-refractivity contribution >= 4 is 0 Å². The Labute approximate surface area is 179 Å². The van der Waals surface area contributed by atoms with Gasteiger partial charge in [-0.05, 0) is 146 Å². The molecule has 0 unspecified atom stereocenters. The monoisotopic (exact) mass is 402 g/mol. The fourth-order valence-corrected chi connectivity index (χ4v) is 9.49. The van der Waals surface area contributed by atoms with Gasteiger partial charge in [0.1, 0.15) is 0 Å². The van der Waals surface area contributed by atoms with E-state index in [0.717, 1.165) is 42.1 Å². The molecule has 8 fully saturated rings. The molecule has 29 heavy (non-hydrogen) atoms. The summed E-state index contributed by atoms with van der Waals surface area (Å²) in [5.41, 5.74) is 0.932. The van der Waals surface area contributed by atoms with E-state index in [1.54, 1.807) is 19.3 Å². The zero-order valence-electron chi connectivity index (χ0n) is 19.6. The van der Waals surface area contributed by atoms with Crippen molar-refractivity contribution in [2.24, 2.45) is 40.9 Å². The maximum absolute atomic E-state index is 6.25. The summed E-state index contributed by atoms with van der Waals surface area (Å²) in [5, 5.41) is 0. The van der Waals surface area contributed by atoms with Gasteiger partial charge in [-0.3, -0.25) is 0 Å². The van der Waals surface area contributed by atoms with Crippen LogP contribution in [0.1, 0.15) is 105 Å². The molecule has 0 saturated heterocycles. The quantitative estimate of drug-likeness (QED) is 0.492. The van der Waals surface area contributed by atoms with Crippen LogP contribution in [0.4, 0.5) is 0 Å². The Bertz CT molecular complexity index is 501. The molecule has 0 radical (unpaired) electrons. The van der Waals surface area contributed by atoms with Gasteiger partial charge in [0.25, 0.3) is 0 Å². The molecule has 0 spiro atoms. The van der Waals surface area contributed by atoms with E-state index >= 15 is 0 Å². The van der Waals surface area contributed by atoms with Crippen LogP contribution in [0.25, 0.3) is 0 Å². The van der Waals surface area contributed by atoms with Crippen molar-refractivity contribution in [3.8, 4) is 0 Å². The highest BCUT2D eigenvalue weighted by Gasteiger charge is 2.52. The summed E-state index contributed by atoms with van der Waals surface area (Å²) < 4.78 is 12.2. The van der Waals surface area contributed by atoms with E-state index < -0.39 is 0 Å². The first kappa shape index (κ1) is 20.8. The Balaban J connectivity index is 0.000000125. The molecule has 8 aliphatic carbocycles. The van der Waals surface area contributed by atoms with Crippen molar-refractivity contribution in [2.45, 2.75) is 123 Å². The van der Waals surface area contributed by atoms with E-state index in [2.05, 4.69) is 27.7 Å². The van der Waals surface area contributed by atoms with E-state index in [1.807, 2.05) is 0 Å². The first-order valence-corrected chi connectivity index (χ1v) is 13.1. The van der Waals surface area contributed by atoms with E-state index in [0.29, 0.717) is 23.2 Å². The minimum Gasteiger partial charge on any atom is -0.378 e. The SMILES string of the molecule is CC(C)OC12CC3CC(CC(C3)C1)C2.CC(C)OCC12CC3CC(CC(C3)C1)C2. The molecule has 0 aromatic rings. The van der Waals surface area contributed by atoms with Gasteiger partial charge >= 0.3 is 0 Å². The lowest BCUT2D eigenvalue weighted by atomic mass is 9.50. The van der Waals surface area contributed by atoms with Crippen molar-refractivity contribution in [2.75, 3.05) is 6.61 Å². The molecule has 0 aromatic heterocycles. The molecular weight excluding hydrogens is 356 g/mol. The third kappa shape index (κ3) is 4.45. The maximum Gasteiger partial charge on any atom is 0.0694 e. The van der Waals surface area contributed by atoms with Crippen molar-refractivity contribution in [3.05, 3.63) is 0 Å². The molecule has 8 saturated carbocycles. The molecule has 8 aliphatic rings. The van der Waals surface area contributed by atoms with Gasteiger partial charge in [0.15, 0.2) is 0 Å². The van der Waals surface area contributed by atoms with Gasteiger partial charge in [-0.25, -0.2) is 0 Å². The van der Waals surface area contributed by atoms with Gasteiger partial charge in [-0.15, -0.1) is 0 Å². The van der Waals surface area contributed by atoms with Crippen LogP contribution in [0.5, 0.6) is 0 Å². The summed E-state index contributed by atoms with van der Waals surface area (Å²) in [5.74, 6) is 6.23. The van der Waals surface area contributed by atoms with Crippen LogP contribution in [0, 0.1) is 40.9 Å². The van der Waals surface area contributed by atoms with Crippen molar-refractivity contribution in [1.82, 2.24) is 0 Å². The Hall–Kier alpha value is -0.0800. The molecule has 0 heterocycles. The summed E-state index contributed by atoms with van der Waals surface area (Å²) in [6.07, 6.45) is 18.6. The van der Waals surface area contributed by atoms with E-state index in [4.69, 9.17) is 9.47 Å². The van der Waals surface area contributed by atoms with Gasteiger partial charge in [-0.1, -0.05) is 0 Å². The fourth-order valence-electron chi connectivity index (χ4n) is 9.49. The Morgan fingerprint density at radius 1 is 0.586 bits per heavy atom. The van der Waals surface area contributed by atoms with E-state index in [9.17, 15) is 0 Å². The van der Waals surface area contributed by atoms with Gasteiger partial charge < -0.3 is 9.47 Å². The lowest BCUT2D eigenvalue weighted by Crippen LogP contribution is -2.52. The average molecular weight is 403 g/mol. The van der Waals surface area contributed by atoms with Crippen LogP contribution in [0.3, 0.4) is 0 Å². The van der Waals surface area contributed by atoms with Crippen LogP contribution in [0.15, 0.2) is 0 Å². The smallest absolute Gasteiger partial charge is 0.0694 e. The van der Waals surface area contributed by atoms with Crippen molar-refractivity contribution in [1.29, 1.82) is 0 Å². The van der Waals surface area contributed by atoms with Gasteiger partial charge in [0.2, 0.25) is 0 Å². The third-order valence-electron chi connectivity index (χ3n) is 9.36. The van der Waals surface area contributed by atoms with Crippen molar-refractivity contribution < 1.29 is 9.47 Å². The minimum atomic E-state index is 0.322. The minimum absolute atomic E-state index is 0.322. The highest BCUT2D eigenvalue weighted by Crippen LogP contribution is 2.60. The number of hydrogen-bond donors (Lipinski definition) is 0. The van der Waals surface area contributed by atoms with Gasteiger partial charge in [0, 0.05) is 0 Å². The zero-order valence-corrected chi connectivity index (χ0v) is 19.6. The second-order valence-electron chi connectivity index (χ2n) is 13.0. The molecule has 8 rings (SSSR count). The molecule has 2 heteroatoms. The fraction of sp³-hybridized carbons (Fsp3) is 1.00. The first-order chi connectivity index (χ1) is 13.8. The Morgan fingerprint density at radius 2 is 0.966 bits per heavy atom. The predicted molar refractivity (Wildman–Crippen MR) is 119 cm³/mol. The van der Waals surface area contributed by atoms with Crippen LogP contribution in [0.2, 0.25) is 0 Å². The van der Waals surface area contributed by atoms with Crippen LogP contribution < -0.4 is 0 Å². The maximum atomic E-state index is 6.25. The molecule has 8 bridgehead atoms. The average Bonchev–Trinajstić information content (AvgIpc) is 2.57. The van der Waals surface area contributed by atoms with E-state index in [-0.39, 0.29) is 0 Å². The summed E-state index contributed by atoms with van der Waals surface area (Å²) in [4.78, 5) is 0. The molecule has 0 aromatic carbocycles. The Morgan fingerprint density at radius 3 is 1.31 bits per heavy atom. The summed E-state index contributed by atoms with van der Waals surface area (Å²) in [6, 6.07) is 0. The van der Waals surface area contributed by atoms with Crippen LogP contribution in [-0.2, 0) is 9.47 Å². The highest BCUT2D eigenvalue weighted by molar-refractivity contribution is 5.03. The molecular formula is C27H46O2. The van der Waals surface area contributed by atoms with Gasteiger partial charge in [-0.2, -0.15) is 0 Å². The predicted octanol–water partition coefficient (Wildman–Crippen LogP) is 7.01. The molecule has 2 nitrogen and oxygen atoms in total. The molecule has 0 aliphatic heterocycles. The number of ether oxygens (including phenoxy) is 2. The van der Waals surface area contributed by atoms with Gasteiger partial charge in [0.05, 0.1) is 24.4 Å². The lowest BCUT2D eigenvalue weighted by molar-refractivity contribution is -0.180. The standard InChI is InChI=1S/C14H24O.C13H22O/c1-10(2)15-9-14-6-11-3-12(7-14)5-13(4-11)8-14;1-9(2)14-13-6-10-3-11(7-13)5-12(4-10)8-13/h10-13H,3-9H2,1-2H3;9-12H,3-8H2,1-2H3. The third-order valence-corrected chi connectivity index (χ3v) is 9.36. The lowest BCUT2D eigenvalue weighted by Gasteiger charge is -2.56. The highest BCUT2D eigenvalue weighted by atomic mass is 16.5. The molecule has 0 atom stereocenters. The molecule has 166 valence electrons. The number of hydrogen-bond acceptors (Lipinski definition) is 2. The topological polar surface area (TPSA) is 18.5 Å². The van der Waals surface area contributed by atoms with Crippen LogP contribution >= 0.6 is 0 Å². The zero-order chi connectivity index (χ0) is 20.2. The Kier molecular flexibility index (Phi) is 5.60. The summed E-state index contributed by atoms with van der Waals surface area (Å²) in [6.45, 7) is 9.77. The van der Waals surface area contributed by atoms with E-state index in [1.165, 1.54) is 57.8 Å². The summed E-state index contributed by atoms with van der Waals surface area (Å²) >= 11 is 0. The first-order valence-electron chi connectivity index (χ1n) is 13.1. The molecule has 0 N–H and O–H groups in total. The second kappa shape index (κ2) is 7.80. The largest absolute Gasteiger partial charge is 0.378 e. The van der Waals surface area contributed by atoms with Crippen LogP contribution in [-0.4, -0.2) is 24.4 Å². The summed E-state index contributed by atoms with van der Waals surface area (Å²) in [7, 11) is 0. The normalized spacial score (nSPS) is 49.0. The molecule has 0 amide bonds. The second-order valence-corrected chi connectivity index (χ2v) is 13.0.